The largest absolute Gasteiger partial charge is 0.381 e. The third-order valence-corrected chi connectivity index (χ3v) is 2.11. The number of ether oxygens (including phenoxy) is 1. The van der Waals surface area contributed by atoms with Gasteiger partial charge in [-0.25, -0.2) is 0 Å². The van der Waals surface area contributed by atoms with Crippen molar-refractivity contribution < 1.29 is 4.74 Å². The average Bonchev–Trinajstić information content (AvgIpc) is 2.06. The fourth-order valence-electron chi connectivity index (χ4n) is 1.03. The predicted octanol–water partition coefficient (Wildman–Crippen LogP) is 3.16. The molecule has 0 heterocycles. The maximum absolute atomic E-state index is 5.25. The van der Waals surface area contributed by atoms with Crippen molar-refractivity contribution in [3.8, 4) is 0 Å². The van der Waals surface area contributed by atoms with Crippen LogP contribution in [0.25, 0.3) is 0 Å². The molecule has 0 aliphatic rings. The van der Waals surface area contributed by atoms with Gasteiger partial charge in [0, 0.05) is 7.11 Å². The van der Waals surface area contributed by atoms with Crippen molar-refractivity contribution in [1.29, 1.82) is 0 Å². The Hall–Kier alpha value is -0.300. The molecule has 0 saturated heterocycles. The number of hydrogen-bond acceptors (Lipinski definition) is 1. The summed E-state index contributed by atoms with van der Waals surface area (Å²) in [4.78, 5) is 0. The Morgan fingerprint density at radius 2 is 2.09 bits per heavy atom. The van der Waals surface area contributed by atoms with E-state index < -0.39 is 0 Å². The molecule has 1 atom stereocenters. The second kappa shape index (κ2) is 6.41. The van der Waals surface area contributed by atoms with Gasteiger partial charge < -0.3 is 4.74 Å². The zero-order valence-corrected chi connectivity index (χ0v) is 8.02. The number of allylic oxidation sites excluding steroid dienone is 1. The topological polar surface area (TPSA) is 9.23 Å². The summed E-state index contributed by atoms with van der Waals surface area (Å²) in [5.41, 5.74) is 1.33. The first kappa shape index (κ1) is 10.7. The van der Waals surface area contributed by atoms with Crippen LogP contribution in [0.4, 0.5) is 0 Å². The highest BCUT2D eigenvalue weighted by atomic mass is 16.5. The zero-order valence-electron chi connectivity index (χ0n) is 8.02. The molecule has 0 amide bonds. The fourth-order valence-corrected chi connectivity index (χ4v) is 1.03. The molecule has 0 saturated carbocycles. The van der Waals surface area contributed by atoms with Crippen LogP contribution < -0.4 is 0 Å². The normalized spacial score (nSPS) is 13.0. The van der Waals surface area contributed by atoms with Gasteiger partial charge in [0.05, 0.1) is 6.10 Å². The van der Waals surface area contributed by atoms with Crippen LogP contribution in [0.3, 0.4) is 0 Å². The van der Waals surface area contributed by atoms with E-state index in [1.54, 1.807) is 7.11 Å². The van der Waals surface area contributed by atoms with Crippen molar-refractivity contribution in [2.24, 2.45) is 0 Å². The molecule has 1 nitrogen and oxygen atoms in total. The van der Waals surface area contributed by atoms with Crippen molar-refractivity contribution in [3.05, 3.63) is 12.2 Å². The van der Waals surface area contributed by atoms with E-state index in [0.717, 1.165) is 25.7 Å². The van der Waals surface area contributed by atoms with Crippen LogP contribution in [0.2, 0.25) is 0 Å². The first-order valence-corrected chi connectivity index (χ1v) is 4.44. The highest BCUT2D eigenvalue weighted by Gasteiger charge is 2.03. The molecule has 0 aromatic heterocycles. The quantitative estimate of drug-likeness (QED) is 0.537. The van der Waals surface area contributed by atoms with Crippen molar-refractivity contribution in [3.63, 3.8) is 0 Å². The lowest BCUT2D eigenvalue weighted by Gasteiger charge is -2.12. The lowest BCUT2D eigenvalue weighted by molar-refractivity contribution is 0.0923. The fraction of sp³-hybridized carbons (Fsp3) is 0.800. The van der Waals surface area contributed by atoms with Gasteiger partial charge in [-0.3, -0.25) is 0 Å². The molecule has 0 spiro atoms. The van der Waals surface area contributed by atoms with Crippen LogP contribution in [-0.2, 0) is 4.74 Å². The van der Waals surface area contributed by atoms with E-state index in [1.807, 2.05) is 0 Å². The lowest BCUT2D eigenvalue weighted by Crippen LogP contribution is -2.08. The first-order chi connectivity index (χ1) is 5.24. The number of rotatable bonds is 6. The molecule has 0 rings (SSSR count). The van der Waals surface area contributed by atoms with Crippen molar-refractivity contribution in [1.82, 2.24) is 0 Å². The number of methoxy groups -OCH3 is 1. The molecule has 1 unspecified atom stereocenters. The number of hydrogen-bond donors (Lipinski definition) is 0. The van der Waals surface area contributed by atoms with Gasteiger partial charge in [-0.2, -0.15) is 0 Å². The van der Waals surface area contributed by atoms with E-state index in [-0.39, 0.29) is 0 Å². The molecule has 0 radical (unpaired) electrons. The maximum atomic E-state index is 5.25. The molecule has 0 aromatic carbocycles. The van der Waals surface area contributed by atoms with Gasteiger partial charge in [0.1, 0.15) is 0 Å². The Kier molecular flexibility index (Phi) is 6.24. The van der Waals surface area contributed by atoms with Crippen molar-refractivity contribution >= 4 is 0 Å². The predicted molar refractivity (Wildman–Crippen MR) is 49.8 cm³/mol. The second-order valence-electron chi connectivity index (χ2n) is 2.91. The van der Waals surface area contributed by atoms with Crippen LogP contribution in [-0.4, -0.2) is 13.2 Å². The first-order valence-electron chi connectivity index (χ1n) is 4.44. The molecule has 0 aliphatic carbocycles. The summed E-state index contributed by atoms with van der Waals surface area (Å²) in [7, 11) is 1.78. The lowest BCUT2D eigenvalue weighted by atomic mass is 10.1. The van der Waals surface area contributed by atoms with Crippen LogP contribution in [0.15, 0.2) is 12.2 Å². The Balaban J connectivity index is 3.42. The average molecular weight is 156 g/mol. The van der Waals surface area contributed by atoms with Gasteiger partial charge in [0.15, 0.2) is 0 Å². The molecule has 0 aromatic rings. The van der Waals surface area contributed by atoms with Gasteiger partial charge in [-0.05, 0) is 25.7 Å². The molecule has 0 aliphatic heterocycles. The highest BCUT2D eigenvalue weighted by molar-refractivity contribution is 4.92. The summed E-state index contributed by atoms with van der Waals surface area (Å²) in [5, 5.41) is 0. The summed E-state index contributed by atoms with van der Waals surface area (Å²) in [6, 6.07) is 0. The smallest absolute Gasteiger partial charge is 0.0571 e. The van der Waals surface area contributed by atoms with Gasteiger partial charge in [0.25, 0.3) is 0 Å². The summed E-state index contributed by atoms with van der Waals surface area (Å²) in [5.74, 6) is 0. The van der Waals surface area contributed by atoms with Gasteiger partial charge in [0.2, 0.25) is 0 Å². The van der Waals surface area contributed by atoms with E-state index in [0.29, 0.717) is 6.10 Å². The van der Waals surface area contributed by atoms with Crippen LogP contribution in [0, 0.1) is 0 Å². The highest BCUT2D eigenvalue weighted by Crippen LogP contribution is 2.12. The molecule has 0 fully saturated rings. The molecule has 0 N–H and O–H groups in total. The van der Waals surface area contributed by atoms with E-state index in [9.17, 15) is 0 Å². The summed E-state index contributed by atoms with van der Waals surface area (Å²) < 4.78 is 5.25. The Morgan fingerprint density at radius 1 is 1.45 bits per heavy atom. The van der Waals surface area contributed by atoms with Gasteiger partial charge >= 0.3 is 0 Å². The monoisotopic (exact) mass is 156 g/mol. The maximum Gasteiger partial charge on any atom is 0.0571 e. The molecule has 66 valence electrons. The summed E-state index contributed by atoms with van der Waals surface area (Å²) in [6.07, 6.45) is 4.87. The van der Waals surface area contributed by atoms with Crippen molar-refractivity contribution in [2.45, 2.75) is 45.6 Å². The van der Waals surface area contributed by atoms with E-state index >= 15 is 0 Å². The van der Waals surface area contributed by atoms with E-state index in [1.165, 1.54) is 5.57 Å². The Labute approximate surface area is 70.4 Å². The van der Waals surface area contributed by atoms with Crippen LogP contribution in [0.5, 0.6) is 0 Å². The Bertz CT molecular complexity index is 103. The van der Waals surface area contributed by atoms with Crippen molar-refractivity contribution in [2.75, 3.05) is 7.11 Å². The Morgan fingerprint density at radius 3 is 2.45 bits per heavy atom. The second-order valence-corrected chi connectivity index (χ2v) is 2.91. The SMILES string of the molecule is C=C(CC)CCC(CC)OC. The summed E-state index contributed by atoms with van der Waals surface area (Å²) in [6.45, 7) is 8.26. The standard InChI is InChI=1S/C10H20O/c1-5-9(3)7-8-10(6-2)11-4/h10H,3,5-8H2,1-2,4H3. The molecule has 0 bridgehead atoms. The molecule has 11 heavy (non-hydrogen) atoms. The van der Waals surface area contributed by atoms with Crippen LogP contribution in [0.1, 0.15) is 39.5 Å². The van der Waals surface area contributed by atoms with Gasteiger partial charge in [-0.1, -0.05) is 26.0 Å². The zero-order chi connectivity index (χ0) is 8.69. The van der Waals surface area contributed by atoms with E-state index in [4.69, 9.17) is 4.74 Å². The minimum absolute atomic E-state index is 0.429. The van der Waals surface area contributed by atoms with E-state index in [2.05, 4.69) is 20.4 Å². The van der Waals surface area contributed by atoms with Crippen LogP contribution >= 0.6 is 0 Å². The summed E-state index contributed by atoms with van der Waals surface area (Å²) >= 11 is 0. The minimum Gasteiger partial charge on any atom is -0.381 e. The molecular weight excluding hydrogens is 136 g/mol. The molecule has 1 heteroatoms. The molecular formula is C10H20O. The third-order valence-electron chi connectivity index (χ3n) is 2.11. The van der Waals surface area contributed by atoms with Gasteiger partial charge in [-0.15, -0.1) is 0 Å². The minimum atomic E-state index is 0.429. The third kappa shape index (κ3) is 5.02.